The second kappa shape index (κ2) is 8.72. The maximum absolute atomic E-state index is 12.5. The second-order valence-electron chi connectivity index (χ2n) is 5.13. The first kappa shape index (κ1) is 20.0. The Morgan fingerprint density at radius 1 is 1.09 bits per heavy atom. The number of hydrogen-bond donors (Lipinski definition) is 4. The molecule has 0 aliphatic rings. The van der Waals surface area contributed by atoms with E-state index in [1.165, 1.54) is 12.1 Å². The van der Waals surface area contributed by atoms with E-state index in [4.69, 9.17) is 4.18 Å². The van der Waals surface area contributed by atoms with Crippen molar-refractivity contribution < 1.29 is 17.7 Å². The fourth-order valence-corrected chi connectivity index (χ4v) is 3.15. The number of aliphatic hydroxyl groups is 1. The van der Waals surface area contributed by atoms with E-state index in [1.54, 1.807) is 32.9 Å². The highest BCUT2D eigenvalue weighted by Crippen LogP contribution is 2.17. The van der Waals surface area contributed by atoms with Gasteiger partial charge in [-0.15, -0.1) is 0 Å². The molecule has 0 bridgehead atoms. The lowest BCUT2D eigenvalue weighted by atomic mass is 10.2. The van der Waals surface area contributed by atoms with E-state index < -0.39 is 22.2 Å². The van der Waals surface area contributed by atoms with Gasteiger partial charge in [-0.25, -0.2) is 4.18 Å². The van der Waals surface area contributed by atoms with Gasteiger partial charge in [0.1, 0.15) is 0 Å². The Morgan fingerprint density at radius 2 is 1.61 bits per heavy atom. The number of aryl methyl sites for hydroxylation is 1. The Kier molecular flexibility index (Phi) is 7.59. The molecule has 7 nitrogen and oxygen atoms in total. The van der Waals surface area contributed by atoms with Crippen molar-refractivity contribution in [1.29, 1.82) is 0 Å². The van der Waals surface area contributed by atoms with Gasteiger partial charge in [0, 0.05) is 0 Å². The minimum Gasteiger partial charge on any atom is -0.360 e. The summed E-state index contributed by atoms with van der Waals surface area (Å²) in [7, 11) is -4.02. The summed E-state index contributed by atoms with van der Waals surface area (Å²) in [6.45, 7) is 8.56. The fraction of sp³-hybridized carbons (Fsp3) is 0.600. The van der Waals surface area contributed by atoms with Crippen LogP contribution in [0.25, 0.3) is 0 Å². The first-order valence-electron chi connectivity index (χ1n) is 7.74. The lowest BCUT2D eigenvalue weighted by Crippen LogP contribution is -2.69. The van der Waals surface area contributed by atoms with E-state index >= 15 is 0 Å². The van der Waals surface area contributed by atoms with Gasteiger partial charge in [-0.3, -0.25) is 16.0 Å². The van der Waals surface area contributed by atoms with Crippen LogP contribution in [0.2, 0.25) is 0 Å². The van der Waals surface area contributed by atoms with Crippen molar-refractivity contribution in [3.63, 3.8) is 0 Å². The van der Waals surface area contributed by atoms with Crippen LogP contribution in [-0.2, 0) is 14.3 Å². The predicted molar refractivity (Wildman–Crippen MR) is 89.2 cm³/mol. The molecule has 0 aliphatic carbocycles. The monoisotopic (exact) mass is 345 g/mol. The van der Waals surface area contributed by atoms with Crippen LogP contribution in [0.1, 0.15) is 26.3 Å². The fourth-order valence-electron chi connectivity index (χ4n) is 2.11. The van der Waals surface area contributed by atoms with Crippen molar-refractivity contribution >= 4 is 10.1 Å². The second-order valence-corrected chi connectivity index (χ2v) is 6.70. The standard InChI is InChI=1S/C15H27N3O4S/c1-5-16-14(15(19,17-6-2)18-7-3)22-23(20,21)13-10-8-12(4)9-11-13/h8-11,14,16-19H,5-7H2,1-4H3. The zero-order valence-electron chi connectivity index (χ0n) is 14.1. The van der Waals surface area contributed by atoms with Gasteiger partial charge in [0.2, 0.25) is 5.85 Å². The van der Waals surface area contributed by atoms with Gasteiger partial charge in [0.25, 0.3) is 10.1 Å². The largest absolute Gasteiger partial charge is 0.360 e. The van der Waals surface area contributed by atoms with Crippen molar-refractivity contribution in [3.8, 4) is 0 Å². The van der Waals surface area contributed by atoms with Crippen LogP contribution < -0.4 is 16.0 Å². The molecule has 1 rings (SSSR count). The van der Waals surface area contributed by atoms with Gasteiger partial charge in [-0.2, -0.15) is 8.42 Å². The van der Waals surface area contributed by atoms with Gasteiger partial charge in [0.15, 0.2) is 6.23 Å². The normalized spacial score (nSPS) is 14.0. The molecule has 0 amide bonds. The molecule has 4 N–H and O–H groups in total. The van der Waals surface area contributed by atoms with Crippen LogP contribution >= 0.6 is 0 Å². The highest BCUT2D eigenvalue weighted by molar-refractivity contribution is 7.86. The van der Waals surface area contributed by atoms with E-state index in [0.29, 0.717) is 19.6 Å². The van der Waals surface area contributed by atoms with E-state index in [1.807, 2.05) is 6.92 Å². The SMILES string of the molecule is CCNC(OS(=O)(=O)c1ccc(C)cc1)C(O)(NCC)NCC. The molecule has 132 valence electrons. The van der Waals surface area contributed by atoms with Crippen LogP contribution in [0.15, 0.2) is 29.2 Å². The molecule has 0 aromatic heterocycles. The third-order valence-electron chi connectivity index (χ3n) is 3.19. The minimum absolute atomic E-state index is 0.0429. The third kappa shape index (κ3) is 5.52. The first-order chi connectivity index (χ1) is 10.8. The number of nitrogens with one attached hydrogen (secondary N) is 3. The number of benzene rings is 1. The maximum atomic E-state index is 12.5. The molecule has 8 heteroatoms. The highest BCUT2D eigenvalue weighted by atomic mass is 32.2. The Morgan fingerprint density at radius 3 is 2.04 bits per heavy atom. The molecule has 1 atom stereocenters. The van der Waals surface area contributed by atoms with E-state index in [0.717, 1.165) is 5.56 Å². The van der Waals surface area contributed by atoms with E-state index in [9.17, 15) is 13.5 Å². The minimum atomic E-state index is -4.02. The Balaban J connectivity index is 3.07. The number of rotatable bonds is 10. The maximum Gasteiger partial charge on any atom is 0.298 e. The zero-order valence-corrected chi connectivity index (χ0v) is 14.9. The van der Waals surface area contributed by atoms with Crippen molar-refractivity contribution in [2.24, 2.45) is 0 Å². The van der Waals surface area contributed by atoms with Crippen molar-refractivity contribution in [1.82, 2.24) is 16.0 Å². The van der Waals surface area contributed by atoms with Crippen LogP contribution in [0.5, 0.6) is 0 Å². The average molecular weight is 345 g/mol. The highest BCUT2D eigenvalue weighted by Gasteiger charge is 2.39. The zero-order chi connectivity index (χ0) is 17.5. The van der Waals surface area contributed by atoms with Gasteiger partial charge in [-0.05, 0) is 38.7 Å². The molecule has 0 saturated carbocycles. The van der Waals surface area contributed by atoms with Crippen molar-refractivity contribution in [2.45, 2.75) is 44.7 Å². The van der Waals surface area contributed by atoms with Gasteiger partial charge < -0.3 is 5.11 Å². The summed E-state index contributed by atoms with van der Waals surface area (Å²) in [5, 5.41) is 19.2. The van der Waals surface area contributed by atoms with Crippen LogP contribution in [0.4, 0.5) is 0 Å². The first-order valence-corrected chi connectivity index (χ1v) is 9.15. The molecular formula is C15H27N3O4S. The summed E-state index contributed by atoms with van der Waals surface area (Å²) < 4.78 is 30.2. The molecule has 0 spiro atoms. The van der Waals surface area contributed by atoms with E-state index in [2.05, 4.69) is 16.0 Å². The molecule has 0 aliphatic heterocycles. The summed E-state index contributed by atoms with van der Waals surface area (Å²) in [5.74, 6) is -1.71. The van der Waals surface area contributed by atoms with Gasteiger partial charge in [-0.1, -0.05) is 38.5 Å². The molecule has 1 aromatic rings. The lowest BCUT2D eigenvalue weighted by molar-refractivity contribution is -0.119. The Labute approximate surface area is 138 Å². The summed E-state index contributed by atoms with van der Waals surface area (Å²) in [6.07, 6.45) is -1.18. The van der Waals surface area contributed by atoms with Crippen molar-refractivity contribution in [2.75, 3.05) is 19.6 Å². The third-order valence-corrected chi connectivity index (χ3v) is 4.49. The molecule has 23 heavy (non-hydrogen) atoms. The molecule has 0 heterocycles. The van der Waals surface area contributed by atoms with Crippen LogP contribution in [0, 0.1) is 6.92 Å². The molecule has 1 aromatic carbocycles. The number of likely N-dealkylation sites (N-methyl/N-ethyl adjacent to an activating group) is 3. The Bertz CT molecular complexity index is 569. The predicted octanol–water partition coefficient (Wildman–Crippen LogP) is 0.501. The van der Waals surface area contributed by atoms with Gasteiger partial charge >= 0.3 is 0 Å². The topological polar surface area (TPSA) is 99.7 Å². The van der Waals surface area contributed by atoms with Crippen LogP contribution in [-0.4, -0.2) is 45.2 Å². The molecule has 0 saturated heterocycles. The molecule has 1 unspecified atom stereocenters. The summed E-state index contributed by atoms with van der Waals surface area (Å²) in [5.41, 5.74) is 0.948. The summed E-state index contributed by atoms with van der Waals surface area (Å²) >= 11 is 0. The lowest BCUT2D eigenvalue weighted by Gasteiger charge is -2.36. The van der Waals surface area contributed by atoms with E-state index in [-0.39, 0.29) is 4.90 Å². The quantitative estimate of drug-likeness (QED) is 0.362. The smallest absolute Gasteiger partial charge is 0.298 e. The molecule has 0 fully saturated rings. The Hall–Kier alpha value is -1.03. The van der Waals surface area contributed by atoms with Crippen molar-refractivity contribution in [3.05, 3.63) is 29.8 Å². The molecular weight excluding hydrogens is 318 g/mol. The molecule has 0 radical (unpaired) electrons. The number of hydrogen-bond acceptors (Lipinski definition) is 7. The summed E-state index contributed by atoms with van der Waals surface area (Å²) in [4.78, 5) is 0.0429. The average Bonchev–Trinajstić information content (AvgIpc) is 2.47. The summed E-state index contributed by atoms with van der Waals surface area (Å²) in [6, 6.07) is 6.35. The van der Waals surface area contributed by atoms with Crippen LogP contribution in [0.3, 0.4) is 0 Å². The van der Waals surface area contributed by atoms with Gasteiger partial charge in [0.05, 0.1) is 4.90 Å².